The Bertz CT molecular complexity index is 389. The largest absolute Gasteiger partial charge is 0.496 e. The number of hydrogen-bond donors (Lipinski definition) is 1. The Morgan fingerprint density at radius 2 is 1.88 bits per heavy atom. The molecule has 0 saturated carbocycles. The molecule has 0 aromatic heterocycles. The Morgan fingerprint density at radius 1 is 1.29 bits per heavy atom. The van der Waals surface area contributed by atoms with Crippen LogP contribution in [-0.2, 0) is 5.41 Å². The molecule has 96 valence electrons. The van der Waals surface area contributed by atoms with Crippen molar-refractivity contribution in [2.75, 3.05) is 13.7 Å². The first-order valence-electron chi connectivity index (χ1n) is 6.11. The Balaban J connectivity index is 3.47. The highest BCUT2D eigenvalue weighted by Crippen LogP contribution is 2.38. The maximum Gasteiger partial charge on any atom is 0.126 e. The molecule has 17 heavy (non-hydrogen) atoms. The van der Waals surface area contributed by atoms with Crippen molar-refractivity contribution in [3.8, 4) is 5.75 Å². The molecule has 0 aliphatic heterocycles. The molecule has 2 nitrogen and oxygen atoms in total. The van der Waals surface area contributed by atoms with E-state index in [0.717, 1.165) is 11.3 Å². The molecule has 0 spiro atoms. The van der Waals surface area contributed by atoms with Crippen LogP contribution in [0.1, 0.15) is 50.3 Å². The first-order chi connectivity index (χ1) is 7.82. The maximum atomic E-state index is 9.37. The van der Waals surface area contributed by atoms with Crippen molar-refractivity contribution >= 4 is 0 Å². The van der Waals surface area contributed by atoms with E-state index in [-0.39, 0.29) is 17.9 Å². The molecule has 1 aromatic carbocycles. The van der Waals surface area contributed by atoms with Gasteiger partial charge in [-0.2, -0.15) is 0 Å². The van der Waals surface area contributed by atoms with E-state index in [2.05, 4.69) is 39.8 Å². The van der Waals surface area contributed by atoms with Crippen molar-refractivity contribution in [3.05, 3.63) is 28.8 Å². The molecule has 0 aliphatic carbocycles. The first kappa shape index (κ1) is 14.0. The van der Waals surface area contributed by atoms with Gasteiger partial charge in [0.1, 0.15) is 5.75 Å². The van der Waals surface area contributed by atoms with Gasteiger partial charge in [-0.15, -0.1) is 0 Å². The van der Waals surface area contributed by atoms with Gasteiger partial charge in [-0.05, 0) is 23.5 Å². The second-order valence-electron chi connectivity index (χ2n) is 5.71. The lowest BCUT2D eigenvalue weighted by Crippen LogP contribution is -2.16. The van der Waals surface area contributed by atoms with Gasteiger partial charge in [0, 0.05) is 18.1 Å². The lowest BCUT2D eigenvalue weighted by Gasteiger charge is -2.26. The van der Waals surface area contributed by atoms with Gasteiger partial charge in [0.25, 0.3) is 0 Å². The van der Waals surface area contributed by atoms with E-state index < -0.39 is 0 Å². The summed E-state index contributed by atoms with van der Waals surface area (Å²) in [6.07, 6.45) is 0. The number of methoxy groups -OCH3 is 1. The molecule has 0 aliphatic rings. The number of rotatable bonds is 3. The number of aryl methyl sites for hydroxylation is 1. The Hall–Kier alpha value is -1.02. The van der Waals surface area contributed by atoms with Crippen molar-refractivity contribution in [3.63, 3.8) is 0 Å². The lowest BCUT2D eigenvalue weighted by molar-refractivity contribution is 0.268. The van der Waals surface area contributed by atoms with Crippen molar-refractivity contribution in [2.24, 2.45) is 0 Å². The number of ether oxygens (including phenoxy) is 1. The van der Waals surface area contributed by atoms with Gasteiger partial charge in [-0.3, -0.25) is 0 Å². The second kappa shape index (κ2) is 5.09. The van der Waals surface area contributed by atoms with Gasteiger partial charge in [-0.25, -0.2) is 0 Å². The summed E-state index contributed by atoms with van der Waals surface area (Å²) < 4.78 is 5.60. The summed E-state index contributed by atoms with van der Waals surface area (Å²) in [6, 6.07) is 4.24. The standard InChI is InChI=1S/C15H24O2/c1-10-7-8-12(15(3,4)5)14(17-6)13(10)11(2)9-16/h7-8,11,16H,9H2,1-6H3. The lowest BCUT2D eigenvalue weighted by atomic mass is 9.82. The Morgan fingerprint density at radius 3 is 2.29 bits per heavy atom. The summed E-state index contributed by atoms with van der Waals surface area (Å²) in [5.41, 5.74) is 3.54. The molecule has 1 rings (SSSR count). The van der Waals surface area contributed by atoms with Gasteiger partial charge in [0.2, 0.25) is 0 Å². The molecular formula is C15H24O2. The van der Waals surface area contributed by atoms with E-state index in [0.29, 0.717) is 0 Å². The zero-order chi connectivity index (χ0) is 13.2. The predicted molar refractivity (Wildman–Crippen MR) is 71.9 cm³/mol. The van der Waals surface area contributed by atoms with Crippen LogP contribution >= 0.6 is 0 Å². The summed E-state index contributed by atoms with van der Waals surface area (Å²) >= 11 is 0. The molecule has 1 aromatic rings. The van der Waals surface area contributed by atoms with Gasteiger partial charge in [0.15, 0.2) is 0 Å². The van der Waals surface area contributed by atoms with Crippen molar-refractivity contribution in [1.82, 2.24) is 0 Å². The van der Waals surface area contributed by atoms with E-state index in [9.17, 15) is 5.11 Å². The minimum absolute atomic E-state index is 0.0446. The minimum atomic E-state index is 0.0446. The van der Waals surface area contributed by atoms with E-state index >= 15 is 0 Å². The van der Waals surface area contributed by atoms with Crippen LogP contribution in [0.5, 0.6) is 5.75 Å². The van der Waals surface area contributed by atoms with Crippen molar-refractivity contribution < 1.29 is 9.84 Å². The number of aliphatic hydroxyl groups excluding tert-OH is 1. The average molecular weight is 236 g/mol. The SMILES string of the molecule is COc1c(C(C)(C)C)ccc(C)c1C(C)CO. The summed E-state index contributed by atoms with van der Waals surface area (Å²) in [7, 11) is 1.71. The van der Waals surface area contributed by atoms with Crippen LogP contribution in [0.4, 0.5) is 0 Å². The highest BCUT2D eigenvalue weighted by Gasteiger charge is 2.24. The van der Waals surface area contributed by atoms with Crippen LogP contribution in [-0.4, -0.2) is 18.8 Å². The number of hydrogen-bond acceptors (Lipinski definition) is 2. The molecule has 0 heterocycles. The normalized spacial score (nSPS) is 13.6. The van der Waals surface area contributed by atoms with E-state index in [1.165, 1.54) is 11.1 Å². The fourth-order valence-electron chi connectivity index (χ4n) is 2.21. The van der Waals surface area contributed by atoms with Crippen LogP contribution in [0.25, 0.3) is 0 Å². The monoisotopic (exact) mass is 236 g/mol. The van der Waals surface area contributed by atoms with Crippen LogP contribution in [0.3, 0.4) is 0 Å². The molecule has 1 atom stereocenters. The van der Waals surface area contributed by atoms with E-state index in [1.807, 2.05) is 6.92 Å². The maximum absolute atomic E-state index is 9.37. The molecule has 0 saturated heterocycles. The summed E-state index contributed by atoms with van der Waals surface area (Å²) in [5, 5.41) is 9.37. The summed E-state index contributed by atoms with van der Waals surface area (Å²) in [6.45, 7) is 10.8. The fourth-order valence-corrected chi connectivity index (χ4v) is 2.21. The third kappa shape index (κ3) is 2.81. The number of benzene rings is 1. The number of aliphatic hydroxyl groups is 1. The first-order valence-corrected chi connectivity index (χ1v) is 6.11. The van der Waals surface area contributed by atoms with Crippen LogP contribution in [0, 0.1) is 6.92 Å². The van der Waals surface area contributed by atoms with Crippen molar-refractivity contribution in [1.29, 1.82) is 0 Å². The van der Waals surface area contributed by atoms with E-state index in [1.54, 1.807) is 7.11 Å². The molecule has 1 N–H and O–H groups in total. The highest BCUT2D eigenvalue weighted by atomic mass is 16.5. The summed E-state index contributed by atoms with van der Waals surface area (Å²) in [5.74, 6) is 1.03. The molecule has 0 bridgehead atoms. The van der Waals surface area contributed by atoms with Crippen LogP contribution in [0.2, 0.25) is 0 Å². The Kier molecular flexibility index (Phi) is 4.21. The van der Waals surface area contributed by atoms with Gasteiger partial charge in [0.05, 0.1) is 7.11 Å². The van der Waals surface area contributed by atoms with Gasteiger partial charge >= 0.3 is 0 Å². The molecule has 2 heteroatoms. The van der Waals surface area contributed by atoms with Crippen LogP contribution in [0.15, 0.2) is 12.1 Å². The molecule has 0 amide bonds. The third-order valence-electron chi connectivity index (χ3n) is 3.19. The molecular weight excluding hydrogens is 212 g/mol. The van der Waals surface area contributed by atoms with E-state index in [4.69, 9.17) is 4.74 Å². The smallest absolute Gasteiger partial charge is 0.126 e. The predicted octanol–water partition coefficient (Wildman–Crippen LogP) is 3.40. The zero-order valence-corrected chi connectivity index (χ0v) is 11.8. The average Bonchev–Trinajstić information content (AvgIpc) is 2.25. The minimum Gasteiger partial charge on any atom is -0.496 e. The third-order valence-corrected chi connectivity index (χ3v) is 3.19. The molecule has 1 unspecified atom stereocenters. The topological polar surface area (TPSA) is 29.5 Å². The highest BCUT2D eigenvalue weighted by molar-refractivity contribution is 5.50. The Labute approximate surface area is 105 Å². The summed E-state index contributed by atoms with van der Waals surface area (Å²) in [4.78, 5) is 0. The van der Waals surface area contributed by atoms with Gasteiger partial charge < -0.3 is 9.84 Å². The van der Waals surface area contributed by atoms with Crippen molar-refractivity contribution in [2.45, 2.75) is 46.0 Å². The second-order valence-corrected chi connectivity index (χ2v) is 5.71. The fraction of sp³-hybridized carbons (Fsp3) is 0.600. The molecule has 0 radical (unpaired) electrons. The van der Waals surface area contributed by atoms with Gasteiger partial charge in [-0.1, -0.05) is 39.8 Å². The molecule has 0 fully saturated rings. The van der Waals surface area contributed by atoms with Crippen LogP contribution < -0.4 is 4.74 Å². The quantitative estimate of drug-likeness (QED) is 0.871. The zero-order valence-electron chi connectivity index (χ0n) is 11.8.